The van der Waals surface area contributed by atoms with Crippen molar-refractivity contribution >= 4 is 11.3 Å². The summed E-state index contributed by atoms with van der Waals surface area (Å²) in [6.07, 6.45) is 1.81. The Hall–Kier alpha value is -1.22. The molecule has 0 fully saturated rings. The van der Waals surface area contributed by atoms with E-state index in [0.717, 1.165) is 10.7 Å². The second-order valence-electron chi connectivity index (χ2n) is 4.89. The molecule has 84 valence electrons. The lowest BCUT2D eigenvalue weighted by Gasteiger charge is -2.16. The summed E-state index contributed by atoms with van der Waals surface area (Å²) in [7, 11) is 0. The van der Waals surface area contributed by atoms with Gasteiger partial charge in [0.1, 0.15) is 5.01 Å². The highest BCUT2D eigenvalue weighted by Gasteiger charge is 2.21. The van der Waals surface area contributed by atoms with Gasteiger partial charge in [0.2, 0.25) is 0 Å². The van der Waals surface area contributed by atoms with Crippen LogP contribution < -0.4 is 0 Å². The minimum Gasteiger partial charge on any atom is -0.254 e. The van der Waals surface area contributed by atoms with E-state index < -0.39 is 0 Å². The highest BCUT2D eigenvalue weighted by molar-refractivity contribution is 7.15. The third kappa shape index (κ3) is 2.14. The third-order valence-corrected chi connectivity index (χ3v) is 3.38. The molecule has 0 aliphatic rings. The molecule has 0 unspecified atom stereocenters. The van der Waals surface area contributed by atoms with Gasteiger partial charge in [0.05, 0.1) is 11.4 Å². The van der Waals surface area contributed by atoms with Crippen LogP contribution >= 0.6 is 11.3 Å². The highest BCUT2D eigenvalue weighted by atomic mass is 32.1. The molecule has 0 atom stereocenters. The standard InChI is InChI=1S/C13H16N2S/c1-9-11(13(2,3)4)15-12(16-9)10-7-5-6-8-14-10/h5-8H,1-4H3. The zero-order chi connectivity index (χ0) is 11.8. The lowest BCUT2D eigenvalue weighted by atomic mass is 9.91. The van der Waals surface area contributed by atoms with Gasteiger partial charge in [-0.15, -0.1) is 11.3 Å². The van der Waals surface area contributed by atoms with Gasteiger partial charge in [-0.25, -0.2) is 4.98 Å². The number of hydrogen-bond donors (Lipinski definition) is 0. The lowest BCUT2D eigenvalue weighted by Crippen LogP contribution is -2.12. The van der Waals surface area contributed by atoms with E-state index in [4.69, 9.17) is 4.98 Å². The molecule has 3 heteroatoms. The van der Waals surface area contributed by atoms with Crippen LogP contribution in [0.5, 0.6) is 0 Å². The maximum atomic E-state index is 4.71. The van der Waals surface area contributed by atoms with Crippen molar-refractivity contribution in [1.29, 1.82) is 0 Å². The summed E-state index contributed by atoms with van der Waals surface area (Å²) in [5.74, 6) is 0. The molecule has 2 aromatic rings. The van der Waals surface area contributed by atoms with Gasteiger partial charge in [-0.05, 0) is 19.1 Å². The van der Waals surface area contributed by atoms with Gasteiger partial charge in [-0.1, -0.05) is 26.8 Å². The Bertz CT molecular complexity index is 480. The molecule has 2 rings (SSSR count). The molecule has 0 bridgehead atoms. The molecule has 0 N–H and O–H groups in total. The zero-order valence-electron chi connectivity index (χ0n) is 10.1. The number of thiazole rings is 1. The molecule has 16 heavy (non-hydrogen) atoms. The monoisotopic (exact) mass is 232 g/mol. The van der Waals surface area contributed by atoms with Crippen molar-refractivity contribution in [2.75, 3.05) is 0 Å². The smallest absolute Gasteiger partial charge is 0.142 e. The van der Waals surface area contributed by atoms with Crippen LogP contribution in [-0.4, -0.2) is 9.97 Å². The maximum absolute atomic E-state index is 4.71. The SMILES string of the molecule is Cc1sc(-c2ccccn2)nc1C(C)(C)C. The first kappa shape index (κ1) is 11.3. The zero-order valence-corrected chi connectivity index (χ0v) is 10.9. The molecule has 0 spiro atoms. The minimum absolute atomic E-state index is 0.105. The molecule has 0 radical (unpaired) electrons. The fourth-order valence-electron chi connectivity index (χ4n) is 1.69. The van der Waals surface area contributed by atoms with Crippen molar-refractivity contribution in [3.8, 4) is 10.7 Å². The number of nitrogens with zero attached hydrogens (tertiary/aromatic N) is 2. The van der Waals surface area contributed by atoms with Crippen LogP contribution in [-0.2, 0) is 5.41 Å². The van der Waals surface area contributed by atoms with Gasteiger partial charge >= 0.3 is 0 Å². The Morgan fingerprint density at radius 2 is 1.94 bits per heavy atom. The summed E-state index contributed by atoms with van der Waals surface area (Å²) < 4.78 is 0. The van der Waals surface area contributed by atoms with E-state index in [1.165, 1.54) is 10.6 Å². The van der Waals surface area contributed by atoms with E-state index in [1.54, 1.807) is 11.3 Å². The van der Waals surface area contributed by atoms with Gasteiger partial charge in [-0.2, -0.15) is 0 Å². The summed E-state index contributed by atoms with van der Waals surface area (Å²) in [5, 5.41) is 1.02. The van der Waals surface area contributed by atoms with Crippen LogP contribution in [0.4, 0.5) is 0 Å². The second kappa shape index (κ2) is 3.98. The van der Waals surface area contributed by atoms with E-state index in [1.807, 2.05) is 24.4 Å². The van der Waals surface area contributed by atoms with Crippen LogP contribution in [0.2, 0.25) is 0 Å². The van der Waals surface area contributed by atoms with Gasteiger partial charge in [0.15, 0.2) is 0 Å². The molecule has 2 nitrogen and oxygen atoms in total. The minimum atomic E-state index is 0.105. The molecule has 2 aromatic heterocycles. The highest BCUT2D eigenvalue weighted by Crippen LogP contribution is 2.32. The first-order valence-electron chi connectivity index (χ1n) is 5.38. The molecule has 0 aliphatic heterocycles. The Labute approximate surface area is 100 Å². The third-order valence-electron chi connectivity index (χ3n) is 2.39. The van der Waals surface area contributed by atoms with E-state index in [-0.39, 0.29) is 5.41 Å². The average Bonchev–Trinajstić information content (AvgIpc) is 2.61. The largest absolute Gasteiger partial charge is 0.254 e. The van der Waals surface area contributed by atoms with Gasteiger partial charge in [-0.3, -0.25) is 4.98 Å². The fourth-order valence-corrected chi connectivity index (χ4v) is 2.79. The quantitative estimate of drug-likeness (QED) is 0.747. The fraction of sp³-hybridized carbons (Fsp3) is 0.385. The van der Waals surface area contributed by atoms with E-state index >= 15 is 0 Å². The first-order chi connectivity index (χ1) is 7.48. The number of hydrogen-bond acceptors (Lipinski definition) is 3. The lowest BCUT2D eigenvalue weighted by molar-refractivity contribution is 0.570. The number of aromatic nitrogens is 2. The number of rotatable bonds is 1. The predicted octanol–water partition coefficient (Wildman–Crippen LogP) is 3.81. The van der Waals surface area contributed by atoms with Crippen LogP contribution in [0.15, 0.2) is 24.4 Å². The maximum Gasteiger partial charge on any atom is 0.142 e. The van der Waals surface area contributed by atoms with Gasteiger partial charge in [0.25, 0.3) is 0 Å². The molecule has 0 amide bonds. The number of aryl methyl sites for hydroxylation is 1. The predicted molar refractivity (Wildman–Crippen MR) is 68.8 cm³/mol. The van der Waals surface area contributed by atoms with Crippen molar-refractivity contribution in [1.82, 2.24) is 9.97 Å². The average molecular weight is 232 g/mol. The van der Waals surface area contributed by atoms with Crippen LogP contribution in [0.25, 0.3) is 10.7 Å². The van der Waals surface area contributed by atoms with E-state index in [9.17, 15) is 0 Å². The van der Waals surface area contributed by atoms with Gasteiger partial charge in [0, 0.05) is 16.5 Å². The molecular formula is C13H16N2S. The van der Waals surface area contributed by atoms with E-state index in [2.05, 4.69) is 32.7 Å². The molecule has 0 saturated carbocycles. The Morgan fingerprint density at radius 3 is 2.44 bits per heavy atom. The van der Waals surface area contributed by atoms with Crippen LogP contribution in [0.1, 0.15) is 31.3 Å². The summed E-state index contributed by atoms with van der Waals surface area (Å²) >= 11 is 1.72. The summed E-state index contributed by atoms with van der Waals surface area (Å²) in [6, 6.07) is 5.93. The normalized spacial score (nSPS) is 11.8. The summed E-state index contributed by atoms with van der Waals surface area (Å²) in [4.78, 5) is 10.3. The summed E-state index contributed by atoms with van der Waals surface area (Å²) in [5.41, 5.74) is 2.25. The van der Waals surface area contributed by atoms with Crippen molar-refractivity contribution in [2.45, 2.75) is 33.1 Å². The van der Waals surface area contributed by atoms with Crippen molar-refractivity contribution in [3.05, 3.63) is 35.0 Å². The van der Waals surface area contributed by atoms with E-state index in [0.29, 0.717) is 0 Å². The Morgan fingerprint density at radius 1 is 1.19 bits per heavy atom. The Kier molecular flexibility index (Phi) is 2.80. The van der Waals surface area contributed by atoms with Crippen molar-refractivity contribution in [3.63, 3.8) is 0 Å². The summed E-state index contributed by atoms with van der Waals surface area (Å²) in [6.45, 7) is 8.70. The number of pyridine rings is 1. The van der Waals surface area contributed by atoms with Crippen LogP contribution in [0, 0.1) is 6.92 Å². The first-order valence-corrected chi connectivity index (χ1v) is 6.19. The van der Waals surface area contributed by atoms with Gasteiger partial charge < -0.3 is 0 Å². The van der Waals surface area contributed by atoms with Crippen LogP contribution in [0.3, 0.4) is 0 Å². The van der Waals surface area contributed by atoms with Crippen molar-refractivity contribution < 1.29 is 0 Å². The topological polar surface area (TPSA) is 25.8 Å². The molecule has 0 aromatic carbocycles. The molecule has 0 saturated heterocycles. The molecular weight excluding hydrogens is 216 g/mol. The Balaban J connectivity index is 2.47. The molecule has 2 heterocycles. The van der Waals surface area contributed by atoms with Crippen molar-refractivity contribution in [2.24, 2.45) is 0 Å². The molecule has 0 aliphatic carbocycles. The second-order valence-corrected chi connectivity index (χ2v) is 6.09.